The molecule has 160 valence electrons. The molecule has 1 amide bonds. The zero-order valence-electron chi connectivity index (χ0n) is 18.2. The fourth-order valence-corrected chi connectivity index (χ4v) is 4.71. The van der Waals surface area contributed by atoms with Crippen molar-refractivity contribution in [3.8, 4) is 0 Å². The Bertz CT molecular complexity index is 852. The van der Waals surface area contributed by atoms with Crippen molar-refractivity contribution in [2.75, 3.05) is 38.5 Å². The minimum Gasteiger partial charge on any atom is -0.373 e. The largest absolute Gasteiger partial charge is 0.373 e. The smallest absolute Gasteiger partial charge is 0.219 e. The third-order valence-electron chi connectivity index (χ3n) is 6.41. The highest BCUT2D eigenvalue weighted by atomic mass is 16.2. The van der Waals surface area contributed by atoms with E-state index in [-0.39, 0.29) is 5.91 Å². The lowest BCUT2D eigenvalue weighted by molar-refractivity contribution is -0.129. The van der Waals surface area contributed by atoms with Crippen LogP contribution in [0.4, 0.5) is 5.82 Å². The van der Waals surface area contributed by atoms with E-state index in [1.54, 1.807) is 6.92 Å². The van der Waals surface area contributed by atoms with E-state index in [4.69, 9.17) is 9.97 Å². The second-order valence-electron chi connectivity index (χ2n) is 8.53. The third-order valence-corrected chi connectivity index (χ3v) is 6.41. The number of fused-ring (bicyclic) bond motifs is 1. The van der Waals surface area contributed by atoms with Crippen molar-refractivity contribution >= 4 is 11.7 Å². The van der Waals surface area contributed by atoms with Crippen molar-refractivity contribution in [2.45, 2.75) is 51.5 Å². The standard InChI is InChI=1S/C24H33N5O/c1-18(30)29-15-12-22-21(17-29)24(25-2)27-23(26-22)20-11-7-14-28(16-20)13-6-10-19-8-4-3-5-9-19/h3-5,8-9,20H,6-7,10-17H2,1-2H3,(H,25,26,27). The molecular formula is C24H33N5O. The van der Waals surface area contributed by atoms with E-state index in [0.29, 0.717) is 12.5 Å². The molecule has 1 aromatic heterocycles. The maximum atomic E-state index is 11.8. The van der Waals surface area contributed by atoms with Crippen LogP contribution in [0, 0.1) is 0 Å². The molecule has 0 radical (unpaired) electrons. The molecule has 6 heteroatoms. The zero-order chi connectivity index (χ0) is 20.9. The number of aryl methyl sites for hydroxylation is 1. The summed E-state index contributed by atoms with van der Waals surface area (Å²) in [6.07, 6.45) is 5.48. The number of nitrogens with one attached hydrogen (secondary N) is 1. The van der Waals surface area contributed by atoms with E-state index in [1.165, 1.54) is 24.9 Å². The molecule has 1 atom stereocenters. The van der Waals surface area contributed by atoms with Gasteiger partial charge in [0.05, 0.1) is 12.2 Å². The van der Waals surface area contributed by atoms with E-state index in [9.17, 15) is 4.79 Å². The zero-order valence-corrected chi connectivity index (χ0v) is 18.2. The van der Waals surface area contributed by atoms with Crippen LogP contribution in [0.25, 0.3) is 0 Å². The Morgan fingerprint density at radius 3 is 2.80 bits per heavy atom. The van der Waals surface area contributed by atoms with Crippen molar-refractivity contribution in [2.24, 2.45) is 0 Å². The van der Waals surface area contributed by atoms with Gasteiger partial charge in [0.2, 0.25) is 5.91 Å². The van der Waals surface area contributed by atoms with Crippen LogP contribution < -0.4 is 5.32 Å². The molecule has 2 aliphatic rings. The maximum Gasteiger partial charge on any atom is 0.219 e. The van der Waals surface area contributed by atoms with E-state index in [0.717, 1.165) is 61.8 Å². The maximum absolute atomic E-state index is 11.8. The first-order valence-corrected chi connectivity index (χ1v) is 11.2. The summed E-state index contributed by atoms with van der Waals surface area (Å²) in [4.78, 5) is 26.1. The molecule has 0 bridgehead atoms. The number of carbonyl (C=O) groups excluding carboxylic acids is 1. The van der Waals surface area contributed by atoms with Gasteiger partial charge >= 0.3 is 0 Å². The average Bonchev–Trinajstić information content (AvgIpc) is 2.79. The Kier molecular flexibility index (Phi) is 6.62. The molecule has 30 heavy (non-hydrogen) atoms. The van der Waals surface area contributed by atoms with E-state index in [1.807, 2.05) is 11.9 Å². The number of nitrogens with zero attached hydrogens (tertiary/aromatic N) is 4. The summed E-state index contributed by atoms with van der Waals surface area (Å²) in [7, 11) is 1.91. The lowest BCUT2D eigenvalue weighted by Gasteiger charge is -2.33. The van der Waals surface area contributed by atoms with Crippen LogP contribution in [-0.4, -0.2) is 58.9 Å². The number of hydrogen-bond donors (Lipinski definition) is 1. The van der Waals surface area contributed by atoms with Gasteiger partial charge in [0.1, 0.15) is 11.6 Å². The van der Waals surface area contributed by atoms with Gasteiger partial charge in [-0.3, -0.25) is 4.79 Å². The molecular weight excluding hydrogens is 374 g/mol. The Labute approximate surface area is 179 Å². The second kappa shape index (κ2) is 9.56. The fourth-order valence-electron chi connectivity index (χ4n) is 4.71. The number of benzene rings is 1. The first-order valence-electron chi connectivity index (χ1n) is 11.2. The van der Waals surface area contributed by atoms with Gasteiger partial charge in [-0.2, -0.15) is 0 Å². The second-order valence-corrected chi connectivity index (χ2v) is 8.53. The monoisotopic (exact) mass is 407 g/mol. The van der Waals surface area contributed by atoms with E-state index >= 15 is 0 Å². The number of hydrogen-bond acceptors (Lipinski definition) is 5. The highest BCUT2D eigenvalue weighted by molar-refractivity contribution is 5.74. The normalized spacial score (nSPS) is 19.4. The first kappa shape index (κ1) is 20.8. The molecule has 3 heterocycles. The summed E-state index contributed by atoms with van der Waals surface area (Å²) < 4.78 is 0. The molecule has 1 fully saturated rings. The molecule has 0 saturated carbocycles. The van der Waals surface area contributed by atoms with Crippen LogP contribution in [0.1, 0.15) is 54.7 Å². The summed E-state index contributed by atoms with van der Waals surface area (Å²) >= 11 is 0. The van der Waals surface area contributed by atoms with Gasteiger partial charge in [0, 0.05) is 45.0 Å². The third kappa shape index (κ3) is 4.81. The summed E-state index contributed by atoms with van der Waals surface area (Å²) in [6, 6.07) is 10.7. The number of aromatic nitrogens is 2. The predicted molar refractivity (Wildman–Crippen MR) is 120 cm³/mol. The molecule has 0 aliphatic carbocycles. The number of piperidine rings is 1. The van der Waals surface area contributed by atoms with Crippen LogP contribution in [0.15, 0.2) is 30.3 Å². The number of carbonyl (C=O) groups is 1. The SMILES string of the molecule is CNc1nc(C2CCCN(CCCc3ccccc3)C2)nc2c1CN(C(C)=O)CC2. The van der Waals surface area contributed by atoms with Crippen LogP contribution in [0.3, 0.4) is 0 Å². The minimum atomic E-state index is 0.116. The van der Waals surface area contributed by atoms with Crippen molar-refractivity contribution in [1.29, 1.82) is 0 Å². The summed E-state index contributed by atoms with van der Waals surface area (Å²) in [6.45, 7) is 6.32. The fraction of sp³-hybridized carbons (Fsp3) is 0.542. The van der Waals surface area contributed by atoms with E-state index < -0.39 is 0 Å². The molecule has 2 aliphatic heterocycles. The van der Waals surface area contributed by atoms with Crippen molar-refractivity contribution < 1.29 is 4.79 Å². The Balaban J connectivity index is 1.41. The van der Waals surface area contributed by atoms with Crippen LogP contribution in [-0.2, 0) is 24.2 Å². The minimum absolute atomic E-state index is 0.116. The molecule has 1 N–H and O–H groups in total. The van der Waals surface area contributed by atoms with Gasteiger partial charge in [0.15, 0.2) is 0 Å². The van der Waals surface area contributed by atoms with Gasteiger partial charge in [-0.25, -0.2) is 9.97 Å². The molecule has 1 unspecified atom stereocenters. The lowest BCUT2D eigenvalue weighted by Crippen LogP contribution is -2.37. The molecule has 1 aromatic carbocycles. The number of rotatable bonds is 6. The summed E-state index contributed by atoms with van der Waals surface area (Å²) in [5.74, 6) is 2.37. The van der Waals surface area contributed by atoms with Gasteiger partial charge in [-0.15, -0.1) is 0 Å². The summed E-state index contributed by atoms with van der Waals surface area (Å²) in [5, 5.41) is 3.26. The number of amides is 1. The van der Waals surface area contributed by atoms with Crippen molar-refractivity contribution in [3.05, 3.63) is 53.0 Å². The molecule has 6 nitrogen and oxygen atoms in total. The topological polar surface area (TPSA) is 61.4 Å². The average molecular weight is 408 g/mol. The van der Waals surface area contributed by atoms with Gasteiger partial charge < -0.3 is 15.1 Å². The number of likely N-dealkylation sites (tertiary alicyclic amines) is 1. The molecule has 4 rings (SSSR count). The van der Waals surface area contributed by atoms with Gasteiger partial charge in [-0.1, -0.05) is 30.3 Å². The lowest BCUT2D eigenvalue weighted by atomic mass is 9.95. The van der Waals surface area contributed by atoms with Gasteiger partial charge in [0.25, 0.3) is 0 Å². The number of anilines is 1. The Morgan fingerprint density at radius 2 is 2.03 bits per heavy atom. The van der Waals surface area contributed by atoms with Crippen LogP contribution in [0.5, 0.6) is 0 Å². The predicted octanol–water partition coefficient (Wildman–Crippen LogP) is 3.24. The summed E-state index contributed by atoms with van der Waals surface area (Å²) in [5.41, 5.74) is 3.61. The Morgan fingerprint density at radius 1 is 1.20 bits per heavy atom. The van der Waals surface area contributed by atoms with Crippen LogP contribution in [0.2, 0.25) is 0 Å². The van der Waals surface area contributed by atoms with Crippen molar-refractivity contribution in [3.63, 3.8) is 0 Å². The molecule has 2 aromatic rings. The van der Waals surface area contributed by atoms with Crippen molar-refractivity contribution in [1.82, 2.24) is 19.8 Å². The van der Waals surface area contributed by atoms with E-state index in [2.05, 4.69) is 40.5 Å². The molecule has 1 saturated heterocycles. The highest BCUT2D eigenvalue weighted by Crippen LogP contribution is 2.30. The Hall–Kier alpha value is -2.47. The highest BCUT2D eigenvalue weighted by Gasteiger charge is 2.28. The first-order chi connectivity index (χ1) is 14.6. The quantitative estimate of drug-likeness (QED) is 0.797. The molecule has 0 spiro atoms. The van der Waals surface area contributed by atoms with Crippen LogP contribution >= 0.6 is 0 Å². The van der Waals surface area contributed by atoms with Gasteiger partial charge in [-0.05, 0) is 44.3 Å².